The van der Waals surface area contributed by atoms with Gasteiger partial charge in [0.1, 0.15) is 5.52 Å². The molecule has 0 saturated heterocycles. The number of para-hydroxylation sites is 2. The molecule has 0 aliphatic heterocycles. The lowest BCUT2D eigenvalue weighted by Gasteiger charge is -2.04. The van der Waals surface area contributed by atoms with Gasteiger partial charge in [-0.2, -0.15) is 0 Å². The molecule has 0 atom stereocenters. The van der Waals surface area contributed by atoms with Crippen LogP contribution in [0.4, 0.5) is 0 Å². The zero-order valence-electron chi connectivity index (χ0n) is 18.7. The van der Waals surface area contributed by atoms with E-state index in [1.807, 2.05) is 30.3 Å². The summed E-state index contributed by atoms with van der Waals surface area (Å²) in [5.74, 6) is 0.642. The van der Waals surface area contributed by atoms with Gasteiger partial charge < -0.3 is 14.4 Å². The molecule has 0 spiro atoms. The van der Waals surface area contributed by atoms with Gasteiger partial charge in [0.05, 0.1) is 5.52 Å². The van der Waals surface area contributed by atoms with Crippen molar-refractivity contribution < 1.29 is 4.42 Å². The smallest absolute Gasteiger partial charge is 0.227 e. The van der Waals surface area contributed by atoms with Crippen LogP contribution in [-0.2, 0) is 0 Å². The Morgan fingerprint density at radius 1 is 0.543 bits per heavy atom. The van der Waals surface area contributed by atoms with Crippen LogP contribution in [0.25, 0.3) is 77.3 Å². The Hall–Kier alpha value is -4.83. The van der Waals surface area contributed by atoms with E-state index < -0.39 is 0 Å². The van der Waals surface area contributed by atoms with Crippen LogP contribution in [0.15, 0.2) is 108 Å². The number of aromatic amines is 2. The largest absolute Gasteiger partial charge is 0.436 e. The highest BCUT2D eigenvalue weighted by Gasteiger charge is 2.14. The molecule has 3 aromatic heterocycles. The average Bonchev–Trinajstić information content (AvgIpc) is 3.60. The first-order valence-electron chi connectivity index (χ1n) is 11.7. The number of benzene rings is 5. The van der Waals surface area contributed by atoms with Crippen molar-refractivity contribution >= 4 is 54.7 Å². The fraction of sp³-hybridized carbons (Fsp3) is 0. The Kier molecular flexibility index (Phi) is 3.63. The SMILES string of the molecule is c1ccc(-c2nc3cc4[nH]c5ccc(-c6cccc7c6[nH]c6ccccc67)cc5c4cc3o2)cc1. The Balaban J connectivity index is 1.34. The van der Waals surface area contributed by atoms with Gasteiger partial charge in [-0.1, -0.05) is 60.7 Å². The van der Waals surface area contributed by atoms with Crippen LogP contribution in [0.1, 0.15) is 0 Å². The first kappa shape index (κ1) is 18.6. The molecule has 0 saturated carbocycles. The van der Waals surface area contributed by atoms with Crippen molar-refractivity contribution in [1.29, 1.82) is 0 Å². The van der Waals surface area contributed by atoms with Crippen molar-refractivity contribution in [2.75, 3.05) is 0 Å². The minimum absolute atomic E-state index is 0.642. The normalized spacial score (nSPS) is 12.0. The Morgan fingerprint density at radius 2 is 1.34 bits per heavy atom. The van der Waals surface area contributed by atoms with Gasteiger partial charge in [0, 0.05) is 49.2 Å². The summed E-state index contributed by atoms with van der Waals surface area (Å²) in [7, 11) is 0. The third-order valence-corrected chi connectivity index (χ3v) is 6.98. The Labute approximate surface area is 199 Å². The third kappa shape index (κ3) is 2.71. The Morgan fingerprint density at radius 3 is 2.29 bits per heavy atom. The van der Waals surface area contributed by atoms with Crippen molar-refractivity contribution in [3.8, 4) is 22.6 Å². The molecule has 0 unspecified atom stereocenters. The van der Waals surface area contributed by atoms with E-state index in [-0.39, 0.29) is 0 Å². The predicted molar refractivity (Wildman–Crippen MR) is 144 cm³/mol. The third-order valence-electron chi connectivity index (χ3n) is 6.98. The molecule has 4 nitrogen and oxygen atoms in total. The number of hydrogen-bond acceptors (Lipinski definition) is 2. The van der Waals surface area contributed by atoms with Crippen molar-refractivity contribution in [3.63, 3.8) is 0 Å². The standard InChI is InChI=1S/C31H19N3O/c1-2-7-18(8-3-1)31-34-28-17-27-24(16-29(28)35-31)23-15-19(13-14-26(23)32-27)20-10-6-11-22-21-9-4-5-12-25(21)33-30(20)22/h1-17,32-33H. The van der Waals surface area contributed by atoms with Crippen molar-refractivity contribution in [3.05, 3.63) is 103 Å². The number of aromatic nitrogens is 3. The van der Waals surface area contributed by atoms with E-state index in [9.17, 15) is 0 Å². The first-order chi connectivity index (χ1) is 17.3. The molecular weight excluding hydrogens is 430 g/mol. The molecule has 0 bridgehead atoms. The highest BCUT2D eigenvalue weighted by molar-refractivity contribution is 6.14. The molecule has 0 amide bonds. The van der Waals surface area contributed by atoms with E-state index in [4.69, 9.17) is 9.40 Å². The number of H-pyrrole nitrogens is 2. The number of fused-ring (bicyclic) bond motifs is 7. The van der Waals surface area contributed by atoms with Gasteiger partial charge in [-0.15, -0.1) is 0 Å². The first-order valence-corrected chi connectivity index (χ1v) is 11.7. The minimum Gasteiger partial charge on any atom is -0.436 e. The zero-order chi connectivity index (χ0) is 22.9. The van der Waals surface area contributed by atoms with Gasteiger partial charge in [-0.25, -0.2) is 4.98 Å². The molecule has 0 aliphatic rings. The molecular formula is C31H19N3O. The Bertz CT molecular complexity index is 2060. The van der Waals surface area contributed by atoms with Crippen LogP contribution in [0.3, 0.4) is 0 Å². The lowest BCUT2D eigenvalue weighted by atomic mass is 10.00. The molecule has 8 rings (SSSR count). The molecule has 5 aromatic carbocycles. The number of nitrogens with one attached hydrogen (secondary N) is 2. The van der Waals surface area contributed by atoms with Gasteiger partial charge in [-0.05, 0) is 48.0 Å². The number of oxazole rings is 1. The van der Waals surface area contributed by atoms with E-state index in [1.54, 1.807) is 0 Å². The second-order valence-electron chi connectivity index (χ2n) is 9.03. The summed E-state index contributed by atoms with van der Waals surface area (Å²) >= 11 is 0. The highest BCUT2D eigenvalue weighted by Crippen LogP contribution is 2.37. The van der Waals surface area contributed by atoms with E-state index in [1.165, 1.54) is 27.3 Å². The van der Waals surface area contributed by atoms with Gasteiger partial charge in [0.2, 0.25) is 5.89 Å². The lowest BCUT2D eigenvalue weighted by molar-refractivity contribution is 0.620. The number of hydrogen-bond donors (Lipinski definition) is 2. The molecule has 3 heterocycles. The highest BCUT2D eigenvalue weighted by atomic mass is 16.3. The summed E-state index contributed by atoms with van der Waals surface area (Å²) in [6.07, 6.45) is 0. The van der Waals surface area contributed by atoms with Crippen LogP contribution in [0, 0.1) is 0 Å². The number of nitrogens with zero attached hydrogens (tertiary/aromatic N) is 1. The van der Waals surface area contributed by atoms with Crippen LogP contribution >= 0.6 is 0 Å². The molecule has 35 heavy (non-hydrogen) atoms. The van der Waals surface area contributed by atoms with Gasteiger partial charge in [-0.3, -0.25) is 0 Å². The predicted octanol–water partition coefficient (Wildman–Crippen LogP) is 8.43. The second-order valence-corrected chi connectivity index (χ2v) is 9.03. The van der Waals surface area contributed by atoms with Gasteiger partial charge in [0.15, 0.2) is 5.58 Å². The quantitative estimate of drug-likeness (QED) is 0.278. The molecule has 4 heteroatoms. The minimum atomic E-state index is 0.642. The van der Waals surface area contributed by atoms with Gasteiger partial charge in [0.25, 0.3) is 0 Å². The molecule has 0 aliphatic carbocycles. The van der Waals surface area contributed by atoms with Crippen molar-refractivity contribution in [2.24, 2.45) is 0 Å². The summed E-state index contributed by atoms with van der Waals surface area (Å²) in [6, 6.07) is 35.8. The monoisotopic (exact) mass is 449 g/mol. The van der Waals surface area contributed by atoms with Crippen LogP contribution in [-0.4, -0.2) is 15.0 Å². The van der Waals surface area contributed by atoms with E-state index in [0.717, 1.165) is 44.1 Å². The van der Waals surface area contributed by atoms with Crippen LogP contribution < -0.4 is 0 Å². The second kappa shape index (κ2) is 6.84. The summed E-state index contributed by atoms with van der Waals surface area (Å²) in [5.41, 5.74) is 9.48. The van der Waals surface area contributed by atoms with Crippen LogP contribution in [0.2, 0.25) is 0 Å². The van der Waals surface area contributed by atoms with E-state index in [0.29, 0.717) is 5.89 Å². The molecule has 8 aromatic rings. The summed E-state index contributed by atoms with van der Waals surface area (Å²) in [5, 5.41) is 4.80. The average molecular weight is 450 g/mol. The van der Waals surface area contributed by atoms with E-state index >= 15 is 0 Å². The fourth-order valence-electron chi connectivity index (χ4n) is 5.31. The maximum atomic E-state index is 6.16. The lowest BCUT2D eigenvalue weighted by Crippen LogP contribution is -1.81. The maximum Gasteiger partial charge on any atom is 0.227 e. The number of rotatable bonds is 2. The summed E-state index contributed by atoms with van der Waals surface area (Å²) in [6.45, 7) is 0. The van der Waals surface area contributed by atoms with E-state index in [2.05, 4.69) is 82.8 Å². The fourth-order valence-corrected chi connectivity index (χ4v) is 5.31. The topological polar surface area (TPSA) is 57.6 Å². The van der Waals surface area contributed by atoms with Crippen molar-refractivity contribution in [1.82, 2.24) is 15.0 Å². The molecule has 0 radical (unpaired) electrons. The van der Waals surface area contributed by atoms with Gasteiger partial charge >= 0.3 is 0 Å². The molecule has 0 fully saturated rings. The molecule has 164 valence electrons. The van der Waals surface area contributed by atoms with Crippen LogP contribution in [0.5, 0.6) is 0 Å². The molecule has 2 N–H and O–H groups in total. The van der Waals surface area contributed by atoms with Crippen molar-refractivity contribution in [2.45, 2.75) is 0 Å². The zero-order valence-corrected chi connectivity index (χ0v) is 18.7. The maximum absolute atomic E-state index is 6.16. The summed E-state index contributed by atoms with van der Waals surface area (Å²) < 4.78 is 6.16. The summed E-state index contributed by atoms with van der Waals surface area (Å²) in [4.78, 5) is 11.9.